The quantitative estimate of drug-likeness (QED) is 0.825. The highest BCUT2D eigenvalue weighted by molar-refractivity contribution is 5.25. The Balaban J connectivity index is 2.00. The summed E-state index contributed by atoms with van der Waals surface area (Å²) in [4.78, 5) is 0. The van der Waals surface area contributed by atoms with E-state index in [1.54, 1.807) is 0 Å². The molecule has 1 saturated heterocycles. The lowest BCUT2D eigenvalue weighted by Crippen LogP contribution is -2.29. The van der Waals surface area contributed by atoms with Crippen LogP contribution in [0.5, 0.6) is 0 Å². The second-order valence-electron chi connectivity index (χ2n) is 4.61. The Bertz CT molecular complexity index is 314. The third-order valence-corrected chi connectivity index (χ3v) is 3.40. The first-order valence-electron chi connectivity index (χ1n) is 6.11. The summed E-state index contributed by atoms with van der Waals surface area (Å²) in [6.07, 6.45) is 2.11. The highest BCUT2D eigenvalue weighted by atomic mass is 16.5. The highest BCUT2D eigenvalue weighted by Crippen LogP contribution is 2.27. The van der Waals surface area contributed by atoms with Crippen LogP contribution in [0, 0.1) is 5.92 Å². The van der Waals surface area contributed by atoms with Crippen LogP contribution in [0.2, 0.25) is 0 Å². The molecule has 1 fully saturated rings. The molecule has 0 radical (unpaired) electrons. The number of aliphatic hydroxyl groups excluding tert-OH is 1. The Hall–Kier alpha value is -0.860. The molecule has 1 atom stereocenters. The standard InChI is InChI=1S/C14H20O2/c1-2-11-3-5-13(6-4-11)14(8-15)7-12-9-16-10-12/h3-6,12,14-15H,2,7-10H2,1H3. The monoisotopic (exact) mass is 220 g/mol. The molecule has 1 aromatic rings. The fraction of sp³-hybridized carbons (Fsp3) is 0.571. The molecule has 2 heteroatoms. The smallest absolute Gasteiger partial charge is 0.0516 e. The highest BCUT2D eigenvalue weighted by Gasteiger charge is 2.23. The average molecular weight is 220 g/mol. The number of aryl methyl sites for hydroxylation is 1. The van der Waals surface area contributed by atoms with Crippen LogP contribution < -0.4 is 0 Å². The molecule has 1 N–H and O–H groups in total. The van der Waals surface area contributed by atoms with E-state index >= 15 is 0 Å². The number of benzene rings is 1. The fourth-order valence-corrected chi connectivity index (χ4v) is 2.16. The van der Waals surface area contributed by atoms with Crippen molar-refractivity contribution < 1.29 is 9.84 Å². The molecule has 0 aromatic heterocycles. The number of ether oxygens (including phenoxy) is 1. The van der Waals surface area contributed by atoms with Gasteiger partial charge in [0.1, 0.15) is 0 Å². The second-order valence-corrected chi connectivity index (χ2v) is 4.61. The van der Waals surface area contributed by atoms with Gasteiger partial charge in [-0.2, -0.15) is 0 Å². The van der Waals surface area contributed by atoms with Gasteiger partial charge in [-0.1, -0.05) is 31.2 Å². The summed E-state index contributed by atoms with van der Waals surface area (Å²) in [5.41, 5.74) is 2.61. The van der Waals surface area contributed by atoms with Crippen LogP contribution >= 0.6 is 0 Å². The summed E-state index contributed by atoms with van der Waals surface area (Å²) in [6, 6.07) is 8.63. The Kier molecular flexibility index (Phi) is 3.97. The minimum Gasteiger partial charge on any atom is -0.396 e. The zero-order chi connectivity index (χ0) is 11.4. The summed E-state index contributed by atoms with van der Waals surface area (Å²) in [6.45, 7) is 4.12. The number of hydrogen-bond acceptors (Lipinski definition) is 2. The van der Waals surface area contributed by atoms with Gasteiger partial charge >= 0.3 is 0 Å². The van der Waals surface area contributed by atoms with Crippen LogP contribution in [-0.2, 0) is 11.2 Å². The van der Waals surface area contributed by atoms with Crippen molar-refractivity contribution in [1.82, 2.24) is 0 Å². The van der Waals surface area contributed by atoms with Crippen LogP contribution in [0.4, 0.5) is 0 Å². The molecule has 16 heavy (non-hydrogen) atoms. The van der Waals surface area contributed by atoms with Crippen molar-refractivity contribution in [2.24, 2.45) is 5.92 Å². The van der Waals surface area contributed by atoms with Crippen LogP contribution in [0.3, 0.4) is 0 Å². The summed E-state index contributed by atoms with van der Waals surface area (Å²) in [7, 11) is 0. The molecule has 1 aliphatic rings. The number of hydrogen-bond donors (Lipinski definition) is 1. The molecule has 2 rings (SSSR count). The first kappa shape index (κ1) is 11.6. The molecule has 0 spiro atoms. The zero-order valence-corrected chi connectivity index (χ0v) is 9.86. The van der Waals surface area contributed by atoms with E-state index in [4.69, 9.17) is 4.74 Å². The molecule has 1 aromatic carbocycles. The van der Waals surface area contributed by atoms with Gasteiger partial charge in [-0.25, -0.2) is 0 Å². The predicted octanol–water partition coefficient (Wildman–Crippen LogP) is 2.36. The summed E-state index contributed by atoms with van der Waals surface area (Å²) < 4.78 is 5.17. The molecular formula is C14H20O2. The molecule has 88 valence electrons. The molecule has 0 bridgehead atoms. The van der Waals surface area contributed by atoms with Crippen molar-refractivity contribution in [2.45, 2.75) is 25.7 Å². The third-order valence-electron chi connectivity index (χ3n) is 3.40. The van der Waals surface area contributed by atoms with E-state index in [1.807, 2.05) is 0 Å². The Morgan fingerprint density at radius 3 is 2.44 bits per heavy atom. The molecule has 1 unspecified atom stereocenters. The van der Waals surface area contributed by atoms with Gasteiger partial charge in [-0.15, -0.1) is 0 Å². The van der Waals surface area contributed by atoms with Gasteiger partial charge in [0.25, 0.3) is 0 Å². The van der Waals surface area contributed by atoms with E-state index in [9.17, 15) is 5.11 Å². The maximum Gasteiger partial charge on any atom is 0.0516 e. The van der Waals surface area contributed by atoms with Crippen molar-refractivity contribution in [1.29, 1.82) is 0 Å². The third kappa shape index (κ3) is 2.63. The van der Waals surface area contributed by atoms with E-state index in [1.165, 1.54) is 11.1 Å². The second kappa shape index (κ2) is 5.46. The lowest BCUT2D eigenvalue weighted by Gasteiger charge is -2.29. The Morgan fingerprint density at radius 2 is 2.00 bits per heavy atom. The molecule has 0 amide bonds. The maximum absolute atomic E-state index is 9.43. The number of rotatable bonds is 5. The van der Waals surface area contributed by atoms with Crippen LogP contribution in [0.15, 0.2) is 24.3 Å². The van der Waals surface area contributed by atoms with Gasteiger partial charge in [0.15, 0.2) is 0 Å². The fourth-order valence-electron chi connectivity index (χ4n) is 2.16. The molecule has 0 saturated carbocycles. The predicted molar refractivity (Wildman–Crippen MR) is 64.6 cm³/mol. The van der Waals surface area contributed by atoms with E-state index in [0.717, 1.165) is 26.1 Å². The number of aliphatic hydroxyl groups is 1. The van der Waals surface area contributed by atoms with Crippen molar-refractivity contribution in [3.05, 3.63) is 35.4 Å². The van der Waals surface area contributed by atoms with Crippen molar-refractivity contribution >= 4 is 0 Å². The molecule has 0 aliphatic carbocycles. The molecule has 2 nitrogen and oxygen atoms in total. The lowest BCUT2D eigenvalue weighted by molar-refractivity contribution is -0.0405. The molecule has 1 aliphatic heterocycles. The summed E-state index contributed by atoms with van der Waals surface area (Å²) >= 11 is 0. The topological polar surface area (TPSA) is 29.5 Å². The normalized spacial score (nSPS) is 18.1. The Morgan fingerprint density at radius 1 is 1.31 bits per heavy atom. The minimum absolute atomic E-state index is 0.238. The van der Waals surface area contributed by atoms with Crippen molar-refractivity contribution in [2.75, 3.05) is 19.8 Å². The van der Waals surface area contributed by atoms with Crippen LogP contribution in [0.1, 0.15) is 30.4 Å². The maximum atomic E-state index is 9.43. The van der Waals surface area contributed by atoms with Gasteiger partial charge in [-0.05, 0) is 24.0 Å². The lowest BCUT2D eigenvalue weighted by atomic mass is 9.88. The van der Waals surface area contributed by atoms with Crippen LogP contribution in [-0.4, -0.2) is 24.9 Å². The van der Waals surface area contributed by atoms with Gasteiger partial charge in [0, 0.05) is 18.4 Å². The average Bonchev–Trinajstić information content (AvgIpc) is 2.28. The van der Waals surface area contributed by atoms with Gasteiger partial charge in [0.2, 0.25) is 0 Å². The first-order valence-corrected chi connectivity index (χ1v) is 6.11. The van der Waals surface area contributed by atoms with E-state index < -0.39 is 0 Å². The Labute approximate surface area is 97.3 Å². The van der Waals surface area contributed by atoms with E-state index in [-0.39, 0.29) is 12.5 Å². The first-order chi connectivity index (χ1) is 7.83. The molecular weight excluding hydrogens is 200 g/mol. The van der Waals surface area contributed by atoms with Gasteiger partial charge < -0.3 is 9.84 Å². The van der Waals surface area contributed by atoms with Gasteiger partial charge in [-0.3, -0.25) is 0 Å². The minimum atomic E-state index is 0.238. The van der Waals surface area contributed by atoms with Gasteiger partial charge in [0.05, 0.1) is 13.2 Å². The van der Waals surface area contributed by atoms with Crippen molar-refractivity contribution in [3.8, 4) is 0 Å². The van der Waals surface area contributed by atoms with E-state index in [0.29, 0.717) is 5.92 Å². The van der Waals surface area contributed by atoms with E-state index in [2.05, 4.69) is 31.2 Å². The SMILES string of the molecule is CCc1ccc(C(CO)CC2COC2)cc1. The summed E-state index contributed by atoms with van der Waals surface area (Å²) in [5.74, 6) is 0.919. The molecule has 1 heterocycles. The summed E-state index contributed by atoms with van der Waals surface area (Å²) in [5, 5.41) is 9.43. The largest absolute Gasteiger partial charge is 0.396 e. The van der Waals surface area contributed by atoms with Crippen molar-refractivity contribution in [3.63, 3.8) is 0 Å². The van der Waals surface area contributed by atoms with Crippen LogP contribution in [0.25, 0.3) is 0 Å². The zero-order valence-electron chi connectivity index (χ0n) is 9.86.